The zero-order valence-electron chi connectivity index (χ0n) is 17.3. The van der Waals surface area contributed by atoms with Gasteiger partial charge in [-0.1, -0.05) is 29.8 Å². The molecule has 0 saturated carbocycles. The Bertz CT molecular complexity index is 1140. The molecule has 0 aliphatic carbocycles. The van der Waals surface area contributed by atoms with Gasteiger partial charge in [0, 0.05) is 0 Å². The fraction of sp³-hybridized carbons (Fsp3) is 0.217. The van der Waals surface area contributed by atoms with E-state index in [1.54, 1.807) is 37.3 Å². The van der Waals surface area contributed by atoms with Gasteiger partial charge in [0.2, 0.25) is 0 Å². The molecule has 30 heavy (non-hydrogen) atoms. The standard InChI is InChI=1S/C23H24FNO4S/c1-16-5-9-19(10-6-16)25(15-18-8-12-22(28-3)23(13-18)29-4)30(26,27)20-11-7-17(2)21(24)14-20/h5-14H,15H2,1-4H3. The summed E-state index contributed by atoms with van der Waals surface area (Å²) in [6.07, 6.45) is 0. The maximum Gasteiger partial charge on any atom is 0.264 e. The number of halogens is 1. The summed E-state index contributed by atoms with van der Waals surface area (Å²) < 4.78 is 52.9. The van der Waals surface area contributed by atoms with Crippen molar-refractivity contribution in [1.29, 1.82) is 0 Å². The highest BCUT2D eigenvalue weighted by atomic mass is 32.2. The average molecular weight is 430 g/mol. The fourth-order valence-electron chi connectivity index (χ4n) is 3.03. The van der Waals surface area contributed by atoms with Crippen LogP contribution >= 0.6 is 0 Å². The van der Waals surface area contributed by atoms with Gasteiger partial charge in [-0.25, -0.2) is 12.8 Å². The molecule has 0 radical (unpaired) electrons. The molecule has 0 N–H and O–H groups in total. The average Bonchev–Trinajstić information content (AvgIpc) is 2.74. The Kier molecular flexibility index (Phi) is 6.31. The lowest BCUT2D eigenvalue weighted by atomic mass is 10.2. The molecule has 0 fully saturated rings. The zero-order valence-corrected chi connectivity index (χ0v) is 18.2. The van der Waals surface area contributed by atoms with Crippen molar-refractivity contribution in [3.05, 3.63) is 83.2 Å². The molecule has 0 aliphatic heterocycles. The van der Waals surface area contributed by atoms with Gasteiger partial charge < -0.3 is 9.47 Å². The Morgan fingerprint density at radius 1 is 0.867 bits per heavy atom. The van der Waals surface area contributed by atoms with Crippen molar-refractivity contribution in [2.75, 3.05) is 18.5 Å². The molecule has 0 heterocycles. The summed E-state index contributed by atoms with van der Waals surface area (Å²) in [6.45, 7) is 3.56. The number of sulfonamides is 1. The molecule has 7 heteroatoms. The van der Waals surface area contributed by atoms with Crippen LogP contribution in [0.25, 0.3) is 0 Å². The van der Waals surface area contributed by atoms with Crippen molar-refractivity contribution >= 4 is 15.7 Å². The molecule has 3 aromatic carbocycles. The van der Waals surface area contributed by atoms with E-state index < -0.39 is 15.8 Å². The highest BCUT2D eigenvalue weighted by Crippen LogP contribution is 2.31. The van der Waals surface area contributed by atoms with Crippen LogP contribution in [0.3, 0.4) is 0 Å². The van der Waals surface area contributed by atoms with Crippen LogP contribution in [-0.4, -0.2) is 22.6 Å². The predicted octanol–water partition coefficient (Wildman–Crippen LogP) is 4.86. The minimum Gasteiger partial charge on any atom is -0.493 e. The van der Waals surface area contributed by atoms with E-state index in [1.807, 2.05) is 19.1 Å². The highest BCUT2D eigenvalue weighted by molar-refractivity contribution is 7.92. The van der Waals surface area contributed by atoms with Gasteiger partial charge in [0.15, 0.2) is 11.5 Å². The van der Waals surface area contributed by atoms with Gasteiger partial charge >= 0.3 is 0 Å². The summed E-state index contributed by atoms with van der Waals surface area (Å²) in [5.74, 6) is 0.482. The summed E-state index contributed by atoms with van der Waals surface area (Å²) >= 11 is 0. The summed E-state index contributed by atoms with van der Waals surface area (Å²) in [6, 6.07) is 16.3. The number of hydrogen-bond acceptors (Lipinski definition) is 4. The first-order valence-corrected chi connectivity index (χ1v) is 10.8. The number of anilines is 1. The van der Waals surface area contributed by atoms with Gasteiger partial charge in [0.05, 0.1) is 31.3 Å². The minimum atomic E-state index is -4.02. The molecule has 0 aliphatic rings. The third-order valence-electron chi connectivity index (χ3n) is 4.83. The first-order chi connectivity index (χ1) is 14.3. The largest absolute Gasteiger partial charge is 0.493 e. The van der Waals surface area contributed by atoms with E-state index in [2.05, 4.69) is 0 Å². The van der Waals surface area contributed by atoms with Crippen molar-refractivity contribution in [2.24, 2.45) is 0 Å². The van der Waals surface area contributed by atoms with E-state index >= 15 is 0 Å². The van der Waals surface area contributed by atoms with E-state index in [4.69, 9.17) is 9.47 Å². The molecule has 3 aromatic rings. The Labute approximate surface area is 176 Å². The van der Waals surface area contributed by atoms with Crippen LogP contribution < -0.4 is 13.8 Å². The molecule has 158 valence electrons. The van der Waals surface area contributed by atoms with Gasteiger partial charge in [-0.15, -0.1) is 0 Å². The van der Waals surface area contributed by atoms with Crippen molar-refractivity contribution in [3.63, 3.8) is 0 Å². The fourth-order valence-corrected chi connectivity index (χ4v) is 4.50. The first-order valence-electron chi connectivity index (χ1n) is 9.32. The summed E-state index contributed by atoms with van der Waals surface area (Å²) in [7, 11) is -0.965. The van der Waals surface area contributed by atoms with Crippen molar-refractivity contribution in [2.45, 2.75) is 25.3 Å². The van der Waals surface area contributed by atoms with Gasteiger partial charge in [0.25, 0.3) is 10.0 Å². The van der Waals surface area contributed by atoms with E-state index in [9.17, 15) is 12.8 Å². The van der Waals surface area contributed by atoms with E-state index in [0.717, 1.165) is 11.6 Å². The molecular formula is C23H24FNO4S. The third-order valence-corrected chi connectivity index (χ3v) is 6.60. The quantitative estimate of drug-likeness (QED) is 0.539. The Morgan fingerprint density at radius 2 is 1.53 bits per heavy atom. The summed E-state index contributed by atoms with van der Waals surface area (Å²) in [4.78, 5) is -0.105. The Hall–Kier alpha value is -3.06. The number of nitrogens with zero attached hydrogens (tertiary/aromatic N) is 1. The molecule has 0 spiro atoms. The molecule has 0 atom stereocenters. The Balaban J connectivity index is 2.09. The summed E-state index contributed by atoms with van der Waals surface area (Å²) in [5.41, 5.74) is 2.57. The van der Waals surface area contributed by atoms with Gasteiger partial charge in [-0.3, -0.25) is 4.31 Å². The first kappa shape index (κ1) is 21.6. The van der Waals surface area contributed by atoms with Crippen LogP contribution in [0, 0.1) is 19.7 Å². The van der Waals surface area contributed by atoms with Crippen LogP contribution in [-0.2, 0) is 16.6 Å². The SMILES string of the molecule is COc1ccc(CN(c2ccc(C)cc2)S(=O)(=O)c2ccc(C)c(F)c2)cc1OC. The normalized spacial score (nSPS) is 11.2. The zero-order chi connectivity index (χ0) is 21.9. The van der Waals surface area contributed by atoms with Gasteiger partial charge in [0.1, 0.15) is 5.82 Å². The second kappa shape index (κ2) is 8.75. The highest BCUT2D eigenvalue weighted by Gasteiger charge is 2.26. The van der Waals surface area contributed by atoms with Gasteiger partial charge in [-0.2, -0.15) is 0 Å². The number of aryl methyl sites for hydroxylation is 2. The lowest BCUT2D eigenvalue weighted by molar-refractivity contribution is 0.354. The number of ether oxygens (including phenoxy) is 2. The minimum absolute atomic E-state index is 0.0429. The number of methoxy groups -OCH3 is 2. The molecule has 0 unspecified atom stereocenters. The molecule has 0 bridgehead atoms. The lowest BCUT2D eigenvalue weighted by Crippen LogP contribution is -2.30. The second-order valence-electron chi connectivity index (χ2n) is 6.95. The van der Waals surface area contributed by atoms with Crippen LogP contribution in [0.2, 0.25) is 0 Å². The van der Waals surface area contributed by atoms with Gasteiger partial charge in [-0.05, 0) is 61.4 Å². The molecule has 0 aromatic heterocycles. The maximum atomic E-state index is 14.1. The van der Waals surface area contributed by atoms with Crippen LogP contribution in [0.1, 0.15) is 16.7 Å². The van der Waals surface area contributed by atoms with Crippen molar-refractivity contribution in [3.8, 4) is 11.5 Å². The molecular weight excluding hydrogens is 405 g/mol. The monoisotopic (exact) mass is 429 g/mol. The molecule has 0 amide bonds. The molecule has 3 rings (SSSR count). The number of rotatable bonds is 7. The third kappa shape index (κ3) is 4.41. The predicted molar refractivity (Wildman–Crippen MR) is 115 cm³/mol. The van der Waals surface area contributed by atoms with Crippen LogP contribution in [0.15, 0.2) is 65.6 Å². The number of hydrogen-bond donors (Lipinski definition) is 0. The summed E-state index contributed by atoms with van der Waals surface area (Å²) in [5, 5.41) is 0. The smallest absolute Gasteiger partial charge is 0.264 e. The van der Waals surface area contributed by atoms with Crippen LogP contribution in [0.4, 0.5) is 10.1 Å². The second-order valence-corrected chi connectivity index (χ2v) is 8.81. The van der Waals surface area contributed by atoms with E-state index in [-0.39, 0.29) is 11.4 Å². The van der Waals surface area contributed by atoms with E-state index in [0.29, 0.717) is 28.3 Å². The lowest BCUT2D eigenvalue weighted by Gasteiger charge is -2.25. The van der Waals surface area contributed by atoms with Crippen LogP contribution in [0.5, 0.6) is 11.5 Å². The molecule has 5 nitrogen and oxygen atoms in total. The number of benzene rings is 3. The van der Waals surface area contributed by atoms with Crippen molar-refractivity contribution < 1.29 is 22.3 Å². The maximum absolute atomic E-state index is 14.1. The topological polar surface area (TPSA) is 55.8 Å². The molecule has 0 saturated heterocycles. The van der Waals surface area contributed by atoms with Crippen molar-refractivity contribution in [1.82, 2.24) is 0 Å². The van der Waals surface area contributed by atoms with E-state index in [1.165, 1.54) is 30.7 Å². The Morgan fingerprint density at radius 3 is 2.13 bits per heavy atom.